The van der Waals surface area contributed by atoms with Crippen molar-refractivity contribution < 1.29 is 14.0 Å². The van der Waals surface area contributed by atoms with Gasteiger partial charge in [-0.2, -0.15) is 0 Å². The Morgan fingerprint density at radius 3 is 2.68 bits per heavy atom. The molecule has 0 radical (unpaired) electrons. The number of hydrogen-bond acceptors (Lipinski definition) is 4. The predicted molar refractivity (Wildman–Crippen MR) is 74.4 cm³/mol. The SMILES string of the molecule is CCNCCNC(=O)C(C)NC(=O)c1ccco1.Cl. The Balaban J connectivity index is 0.00000324. The van der Waals surface area contributed by atoms with E-state index in [4.69, 9.17) is 4.42 Å². The van der Waals surface area contributed by atoms with E-state index in [-0.39, 0.29) is 24.1 Å². The van der Waals surface area contributed by atoms with Crippen molar-refractivity contribution >= 4 is 24.2 Å². The van der Waals surface area contributed by atoms with Gasteiger partial charge in [0, 0.05) is 13.1 Å². The predicted octanol–water partition coefficient (Wildman–Crippen LogP) is 0.545. The van der Waals surface area contributed by atoms with Gasteiger partial charge in [0.05, 0.1) is 6.26 Å². The number of halogens is 1. The molecule has 6 nitrogen and oxygen atoms in total. The molecule has 0 bridgehead atoms. The first-order valence-electron chi connectivity index (χ1n) is 5.98. The van der Waals surface area contributed by atoms with Crippen molar-refractivity contribution in [1.29, 1.82) is 0 Å². The van der Waals surface area contributed by atoms with Crippen LogP contribution in [0.5, 0.6) is 0 Å². The summed E-state index contributed by atoms with van der Waals surface area (Å²) in [7, 11) is 0. The molecule has 1 aromatic rings. The van der Waals surface area contributed by atoms with Crippen LogP contribution in [0.4, 0.5) is 0 Å². The highest BCUT2D eigenvalue weighted by molar-refractivity contribution is 5.95. The molecule has 1 unspecified atom stereocenters. The third kappa shape index (κ3) is 6.26. The standard InChI is InChI=1S/C12H19N3O3.ClH/c1-3-13-6-7-14-11(16)9(2)15-12(17)10-5-4-8-18-10;/h4-5,8-9,13H,3,6-7H2,1-2H3,(H,14,16)(H,15,17);1H. The minimum Gasteiger partial charge on any atom is -0.459 e. The molecule has 0 aromatic carbocycles. The zero-order valence-electron chi connectivity index (χ0n) is 11.1. The average molecular weight is 290 g/mol. The van der Waals surface area contributed by atoms with E-state index in [1.165, 1.54) is 6.26 Å². The van der Waals surface area contributed by atoms with Crippen LogP contribution in [0.15, 0.2) is 22.8 Å². The van der Waals surface area contributed by atoms with Crippen LogP contribution in [0.1, 0.15) is 24.4 Å². The van der Waals surface area contributed by atoms with E-state index >= 15 is 0 Å². The Labute approximate surface area is 118 Å². The minimum atomic E-state index is -0.593. The monoisotopic (exact) mass is 289 g/mol. The lowest BCUT2D eigenvalue weighted by Gasteiger charge is -2.13. The molecule has 0 fully saturated rings. The lowest BCUT2D eigenvalue weighted by atomic mass is 10.3. The third-order valence-corrected chi connectivity index (χ3v) is 2.34. The van der Waals surface area contributed by atoms with Crippen LogP contribution in [-0.2, 0) is 4.79 Å². The quantitative estimate of drug-likeness (QED) is 0.640. The van der Waals surface area contributed by atoms with Crippen LogP contribution in [-0.4, -0.2) is 37.5 Å². The minimum absolute atomic E-state index is 0. The fraction of sp³-hybridized carbons (Fsp3) is 0.500. The molecule has 1 atom stereocenters. The van der Waals surface area contributed by atoms with Crippen LogP contribution >= 0.6 is 12.4 Å². The molecule has 3 N–H and O–H groups in total. The summed E-state index contributed by atoms with van der Waals surface area (Å²) in [5.41, 5.74) is 0. The molecule has 0 aliphatic carbocycles. The largest absolute Gasteiger partial charge is 0.459 e. The molecule has 7 heteroatoms. The molecule has 108 valence electrons. The first-order chi connectivity index (χ1) is 8.65. The zero-order valence-corrected chi connectivity index (χ0v) is 11.9. The Bertz CT molecular complexity index is 382. The van der Waals surface area contributed by atoms with Gasteiger partial charge in [-0.05, 0) is 25.6 Å². The molecule has 19 heavy (non-hydrogen) atoms. The normalized spacial score (nSPS) is 11.3. The van der Waals surface area contributed by atoms with Crippen molar-refractivity contribution in [3.63, 3.8) is 0 Å². The third-order valence-electron chi connectivity index (χ3n) is 2.34. The fourth-order valence-corrected chi connectivity index (χ4v) is 1.35. The van der Waals surface area contributed by atoms with E-state index in [2.05, 4.69) is 16.0 Å². The van der Waals surface area contributed by atoms with Gasteiger partial charge in [0.2, 0.25) is 5.91 Å². The summed E-state index contributed by atoms with van der Waals surface area (Å²) in [6.07, 6.45) is 1.41. The summed E-state index contributed by atoms with van der Waals surface area (Å²) in [6.45, 7) is 5.73. The van der Waals surface area contributed by atoms with Crippen molar-refractivity contribution in [1.82, 2.24) is 16.0 Å². The fourth-order valence-electron chi connectivity index (χ4n) is 1.35. The highest BCUT2D eigenvalue weighted by Crippen LogP contribution is 1.99. The molecule has 0 saturated heterocycles. The molecule has 1 rings (SSSR count). The maximum absolute atomic E-state index is 11.6. The van der Waals surface area contributed by atoms with E-state index in [1.54, 1.807) is 19.1 Å². The van der Waals surface area contributed by atoms with Crippen molar-refractivity contribution in [3.05, 3.63) is 24.2 Å². The molecule has 2 amide bonds. The molecule has 0 aliphatic heterocycles. The topological polar surface area (TPSA) is 83.4 Å². The second-order valence-corrected chi connectivity index (χ2v) is 3.82. The number of carbonyl (C=O) groups excluding carboxylic acids is 2. The van der Waals surface area contributed by atoms with Gasteiger partial charge in [-0.1, -0.05) is 6.92 Å². The first kappa shape index (κ1) is 17.5. The van der Waals surface area contributed by atoms with Crippen LogP contribution in [0, 0.1) is 0 Å². The molecular formula is C12H20ClN3O3. The number of likely N-dealkylation sites (N-methyl/N-ethyl adjacent to an activating group) is 1. The van der Waals surface area contributed by atoms with Crippen molar-refractivity contribution in [2.45, 2.75) is 19.9 Å². The molecule has 1 heterocycles. The number of nitrogens with one attached hydrogen (secondary N) is 3. The molecule has 0 saturated carbocycles. The van der Waals surface area contributed by atoms with Gasteiger partial charge in [0.25, 0.3) is 5.91 Å². The van der Waals surface area contributed by atoms with Crippen LogP contribution in [0.2, 0.25) is 0 Å². The van der Waals surface area contributed by atoms with Gasteiger partial charge in [-0.15, -0.1) is 12.4 Å². The lowest BCUT2D eigenvalue weighted by Crippen LogP contribution is -2.46. The van der Waals surface area contributed by atoms with Gasteiger partial charge in [-0.3, -0.25) is 9.59 Å². The zero-order chi connectivity index (χ0) is 13.4. The first-order valence-corrected chi connectivity index (χ1v) is 5.98. The Kier molecular flexibility index (Phi) is 8.65. The van der Waals surface area contributed by atoms with Gasteiger partial charge in [-0.25, -0.2) is 0 Å². The van der Waals surface area contributed by atoms with E-state index in [0.29, 0.717) is 13.1 Å². The van der Waals surface area contributed by atoms with E-state index in [9.17, 15) is 9.59 Å². The van der Waals surface area contributed by atoms with Gasteiger partial charge in [0.15, 0.2) is 5.76 Å². The number of carbonyl (C=O) groups is 2. The van der Waals surface area contributed by atoms with Gasteiger partial charge >= 0.3 is 0 Å². The summed E-state index contributed by atoms with van der Waals surface area (Å²) in [5, 5.41) is 8.37. The number of hydrogen-bond donors (Lipinski definition) is 3. The number of furan rings is 1. The van der Waals surface area contributed by atoms with Crippen LogP contribution in [0.3, 0.4) is 0 Å². The molecular weight excluding hydrogens is 270 g/mol. The van der Waals surface area contributed by atoms with E-state index in [1.807, 2.05) is 6.92 Å². The van der Waals surface area contributed by atoms with E-state index in [0.717, 1.165) is 6.54 Å². The Morgan fingerprint density at radius 1 is 1.37 bits per heavy atom. The second kappa shape index (κ2) is 9.41. The highest BCUT2D eigenvalue weighted by atomic mass is 35.5. The summed E-state index contributed by atoms with van der Waals surface area (Å²) < 4.78 is 4.94. The maximum Gasteiger partial charge on any atom is 0.287 e. The second-order valence-electron chi connectivity index (χ2n) is 3.82. The van der Waals surface area contributed by atoms with Crippen LogP contribution < -0.4 is 16.0 Å². The van der Waals surface area contributed by atoms with Gasteiger partial charge < -0.3 is 20.4 Å². The number of rotatable bonds is 7. The van der Waals surface area contributed by atoms with E-state index < -0.39 is 11.9 Å². The van der Waals surface area contributed by atoms with Crippen molar-refractivity contribution in [3.8, 4) is 0 Å². The lowest BCUT2D eigenvalue weighted by molar-refractivity contribution is -0.122. The number of amides is 2. The maximum atomic E-state index is 11.6. The molecule has 1 aromatic heterocycles. The average Bonchev–Trinajstić information content (AvgIpc) is 2.88. The Hall–Kier alpha value is -1.53. The smallest absolute Gasteiger partial charge is 0.287 e. The molecule has 0 spiro atoms. The summed E-state index contributed by atoms with van der Waals surface area (Å²) in [5.74, 6) is -0.413. The van der Waals surface area contributed by atoms with Crippen molar-refractivity contribution in [2.24, 2.45) is 0 Å². The Morgan fingerprint density at radius 2 is 2.11 bits per heavy atom. The summed E-state index contributed by atoms with van der Waals surface area (Å²) >= 11 is 0. The van der Waals surface area contributed by atoms with Crippen molar-refractivity contribution in [2.75, 3.05) is 19.6 Å². The highest BCUT2D eigenvalue weighted by Gasteiger charge is 2.17. The summed E-state index contributed by atoms with van der Waals surface area (Å²) in [6, 6.07) is 2.57. The summed E-state index contributed by atoms with van der Waals surface area (Å²) in [4.78, 5) is 23.2. The van der Waals surface area contributed by atoms with Crippen LogP contribution in [0.25, 0.3) is 0 Å². The van der Waals surface area contributed by atoms with Gasteiger partial charge in [0.1, 0.15) is 6.04 Å². The molecule has 0 aliphatic rings.